The minimum Gasteiger partial charge on any atom is -0.504 e. The van der Waals surface area contributed by atoms with Crippen molar-refractivity contribution in [3.05, 3.63) is 22.8 Å². The number of halogens is 3. The molecule has 1 rings (SSSR count). The minimum absolute atomic E-state index is 0.0402. The van der Waals surface area contributed by atoms with Gasteiger partial charge in [0.15, 0.2) is 18.2 Å². The van der Waals surface area contributed by atoms with Crippen molar-refractivity contribution in [2.24, 2.45) is 5.92 Å². The Balaban J connectivity index is 3.54. The highest BCUT2D eigenvalue weighted by Gasteiger charge is 2.28. The molecule has 2 N–H and O–H groups in total. The lowest BCUT2D eigenvalue weighted by Gasteiger charge is -2.13. The zero-order chi connectivity index (χ0) is 14.0. The third kappa shape index (κ3) is 2.42. The SMILES string of the molecule is CC(C)Cc1c(O)c(F)c(O)c(C(=O)CF)c1F. The standard InChI is InChI=1S/C12H13F3O3/c1-5(2)3-6-9(14)8(7(16)4-13)12(18)10(15)11(6)17/h5,17-18H,3-4H2,1-2H3. The second kappa shape index (κ2) is 5.29. The monoisotopic (exact) mass is 262 g/mol. The molecule has 0 unspecified atom stereocenters. The number of ketones is 1. The fraction of sp³-hybridized carbons (Fsp3) is 0.417. The molecule has 0 aliphatic carbocycles. The Hall–Kier alpha value is -1.72. The van der Waals surface area contributed by atoms with Crippen molar-refractivity contribution in [2.75, 3.05) is 6.67 Å². The fourth-order valence-electron chi connectivity index (χ4n) is 1.63. The topological polar surface area (TPSA) is 57.5 Å². The Morgan fingerprint density at radius 2 is 1.72 bits per heavy atom. The molecule has 0 fully saturated rings. The summed E-state index contributed by atoms with van der Waals surface area (Å²) in [6.07, 6.45) is -0.0402. The molecule has 0 spiro atoms. The van der Waals surface area contributed by atoms with Gasteiger partial charge < -0.3 is 10.2 Å². The number of aromatic hydroxyl groups is 2. The highest BCUT2D eigenvalue weighted by molar-refractivity contribution is 6.00. The summed E-state index contributed by atoms with van der Waals surface area (Å²) in [5.41, 5.74) is -1.49. The molecule has 0 radical (unpaired) electrons. The van der Waals surface area contributed by atoms with Crippen molar-refractivity contribution in [2.45, 2.75) is 20.3 Å². The van der Waals surface area contributed by atoms with Gasteiger partial charge in [-0.3, -0.25) is 4.79 Å². The first-order chi connectivity index (χ1) is 8.31. The maximum absolute atomic E-state index is 13.9. The molecule has 0 atom stereocenters. The first-order valence-electron chi connectivity index (χ1n) is 5.32. The number of hydrogen-bond donors (Lipinski definition) is 2. The van der Waals surface area contributed by atoms with Crippen LogP contribution in [0.4, 0.5) is 13.2 Å². The molecular weight excluding hydrogens is 249 g/mol. The van der Waals surface area contributed by atoms with Crippen LogP contribution in [0.25, 0.3) is 0 Å². The first-order valence-corrected chi connectivity index (χ1v) is 5.32. The molecule has 1 aromatic rings. The number of rotatable bonds is 4. The van der Waals surface area contributed by atoms with E-state index in [-0.39, 0.29) is 12.3 Å². The molecule has 18 heavy (non-hydrogen) atoms. The van der Waals surface area contributed by atoms with Crippen molar-refractivity contribution in [3.63, 3.8) is 0 Å². The molecule has 0 aliphatic rings. The van der Waals surface area contributed by atoms with Crippen molar-refractivity contribution < 1.29 is 28.2 Å². The van der Waals surface area contributed by atoms with E-state index in [9.17, 15) is 28.2 Å². The van der Waals surface area contributed by atoms with Crippen LogP contribution in [0, 0.1) is 17.6 Å². The lowest BCUT2D eigenvalue weighted by atomic mass is 9.96. The van der Waals surface area contributed by atoms with Gasteiger partial charge in [-0.2, -0.15) is 4.39 Å². The number of benzene rings is 1. The van der Waals surface area contributed by atoms with Crippen molar-refractivity contribution in [1.29, 1.82) is 0 Å². The van der Waals surface area contributed by atoms with Gasteiger partial charge in [-0.25, -0.2) is 8.78 Å². The van der Waals surface area contributed by atoms with Gasteiger partial charge in [0, 0.05) is 5.56 Å². The lowest BCUT2D eigenvalue weighted by molar-refractivity contribution is 0.0950. The van der Waals surface area contributed by atoms with Crippen LogP contribution in [0.15, 0.2) is 0 Å². The molecule has 100 valence electrons. The average Bonchev–Trinajstić information content (AvgIpc) is 2.31. The van der Waals surface area contributed by atoms with E-state index in [1.165, 1.54) is 0 Å². The second-order valence-electron chi connectivity index (χ2n) is 4.33. The Morgan fingerprint density at radius 3 is 2.17 bits per heavy atom. The van der Waals surface area contributed by atoms with Crippen molar-refractivity contribution in [3.8, 4) is 11.5 Å². The van der Waals surface area contributed by atoms with Crippen LogP contribution in [0.3, 0.4) is 0 Å². The highest BCUT2D eigenvalue weighted by atomic mass is 19.1. The van der Waals surface area contributed by atoms with Gasteiger partial charge in [0.25, 0.3) is 0 Å². The number of Topliss-reactive ketones (excluding diaryl/α,β-unsaturated/α-hetero) is 1. The number of carbonyl (C=O) groups is 1. The third-order valence-corrected chi connectivity index (χ3v) is 2.44. The quantitative estimate of drug-likeness (QED) is 0.820. The summed E-state index contributed by atoms with van der Waals surface area (Å²) in [5, 5.41) is 18.7. The molecule has 0 heterocycles. The summed E-state index contributed by atoms with van der Waals surface area (Å²) in [4.78, 5) is 11.1. The van der Waals surface area contributed by atoms with Crippen LogP contribution in [0.1, 0.15) is 29.8 Å². The molecule has 0 saturated heterocycles. The van der Waals surface area contributed by atoms with Crippen LogP contribution in [-0.2, 0) is 6.42 Å². The largest absolute Gasteiger partial charge is 0.504 e. The van der Waals surface area contributed by atoms with Gasteiger partial charge in [-0.1, -0.05) is 13.8 Å². The summed E-state index contributed by atoms with van der Waals surface area (Å²) in [6, 6.07) is 0. The van der Waals surface area contributed by atoms with Gasteiger partial charge in [0.2, 0.25) is 11.6 Å². The summed E-state index contributed by atoms with van der Waals surface area (Å²) in [6.45, 7) is 1.83. The number of carbonyl (C=O) groups excluding carboxylic acids is 1. The summed E-state index contributed by atoms with van der Waals surface area (Å²) in [7, 11) is 0. The molecular formula is C12H13F3O3. The number of phenolic OH excluding ortho intramolecular Hbond substituents is 2. The first kappa shape index (κ1) is 14.3. The zero-order valence-corrected chi connectivity index (χ0v) is 9.93. The number of alkyl halides is 1. The van der Waals surface area contributed by atoms with Gasteiger partial charge in [-0.05, 0) is 12.3 Å². The summed E-state index contributed by atoms with van der Waals surface area (Å²) in [5.74, 6) is -6.68. The molecule has 0 aromatic heterocycles. The van der Waals surface area contributed by atoms with Gasteiger partial charge in [0.1, 0.15) is 11.4 Å². The Bertz CT molecular complexity index is 484. The lowest BCUT2D eigenvalue weighted by Crippen LogP contribution is -2.10. The van der Waals surface area contributed by atoms with Crippen LogP contribution in [0.2, 0.25) is 0 Å². The van der Waals surface area contributed by atoms with E-state index in [1.807, 2.05) is 0 Å². The molecule has 1 aromatic carbocycles. The molecule has 3 nitrogen and oxygen atoms in total. The summed E-state index contributed by atoms with van der Waals surface area (Å²) < 4.78 is 39.6. The predicted molar refractivity (Wildman–Crippen MR) is 58.5 cm³/mol. The van der Waals surface area contributed by atoms with E-state index in [1.54, 1.807) is 13.8 Å². The normalized spacial score (nSPS) is 11.0. The number of phenols is 2. The van der Waals surface area contributed by atoms with E-state index in [0.29, 0.717) is 0 Å². The smallest absolute Gasteiger partial charge is 0.207 e. The van der Waals surface area contributed by atoms with Crippen LogP contribution in [0.5, 0.6) is 11.5 Å². The van der Waals surface area contributed by atoms with E-state index in [0.717, 1.165) is 0 Å². The van der Waals surface area contributed by atoms with E-state index < -0.39 is 46.7 Å². The third-order valence-electron chi connectivity index (χ3n) is 2.44. The zero-order valence-electron chi connectivity index (χ0n) is 9.93. The molecule has 0 amide bonds. The minimum atomic E-state index is -1.56. The average molecular weight is 262 g/mol. The van der Waals surface area contributed by atoms with Crippen LogP contribution >= 0.6 is 0 Å². The van der Waals surface area contributed by atoms with Crippen molar-refractivity contribution >= 4 is 5.78 Å². The van der Waals surface area contributed by atoms with E-state index in [4.69, 9.17) is 0 Å². The van der Waals surface area contributed by atoms with Crippen molar-refractivity contribution in [1.82, 2.24) is 0 Å². The fourth-order valence-corrected chi connectivity index (χ4v) is 1.63. The van der Waals surface area contributed by atoms with Crippen LogP contribution in [-0.4, -0.2) is 22.7 Å². The molecule has 0 aliphatic heterocycles. The van der Waals surface area contributed by atoms with Gasteiger partial charge >= 0.3 is 0 Å². The molecule has 0 saturated carbocycles. The molecule has 0 bridgehead atoms. The highest BCUT2D eigenvalue weighted by Crippen LogP contribution is 2.37. The van der Waals surface area contributed by atoms with Gasteiger partial charge in [0.05, 0.1) is 0 Å². The van der Waals surface area contributed by atoms with Gasteiger partial charge in [-0.15, -0.1) is 0 Å². The predicted octanol–water partition coefficient (Wildman–Crippen LogP) is 2.73. The van der Waals surface area contributed by atoms with E-state index in [2.05, 4.69) is 0 Å². The molecule has 6 heteroatoms. The summed E-state index contributed by atoms with van der Waals surface area (Å²) >= 11 is 0. The Morgan fingerprint density at radius 1 is 1.17 bits per heavy atom. The van der Waals surface area contributed by atoms with Crippen LogP contribution < -0.4 is 0 Å². The van der Waals surface area contributed by atoms with E-state index >= 15 is 0 Å². The Labute approximate surface area is 102 Å². The maximum atomic E-state index is 13.9. The second-order valence-corrected chi connectivity index (χ2v) is 4.33. The number of hydrogen-bond acceptors (Lipinski definition) is 3. The maximum Gasteiger partial charge on any atom is 0.207 e. The Kier molecular flexibility index (Phi) is 4.21.